The van der Waals surface area contributed by atoms with Crippen LogP contribution in [-0.4, -0.2) is 66.5 Å². The van der Waals surface area contributed by atoms with E-state index in [9.17, 15) is 4.79 Å². The zero-order chi connectivity index (χ0) is 24.4. The van der Waals surface area contributed by atoms with Gasteiger partial charge in [0.25, 0.3) is 5.91 Å². The summed E-state index contributed by atoms with van der Waals surface area (Å²) in [6, 6.07) is 17.1. The summed E-state index contributed by atoms with van der Waals surface area (Å²) in [6.07, 6.45) is 0.610. The van der Waals surface area contributed by atoms with Gasteiger partial charge in [-0.3, -0.25) is 9.89 Å². The number of pyridine rings is 1. The maximum Gasteiger partial charge on any atom is 0.272 e. The zero-order valence-corrected chi connectivity index (χ0v) is 19.8. The van der Waals surface area contributed by atoms with Crippen molar-refractivity contribution in [3.8, 4) is 34.4 Å². The third-order valence-corrected chi connectivity index (χ3v) is 6.06. The van der Waals surface area contributed by atoms with Gasteiger partial charge in [0.2, 0.25) is 11.6 Å². The molecule has 3 heterocycles. The number of benzene rings is 2. The summed E-state index contributed by atoms with van der Waals surface area (Å²) < 4.78 is 22.3. The van der Waals surface area contributed by atoms with Crippen LogP contribution >= 0.6 is 0 Å². The quantitative estimate of drug-likeness (QED) is 0.433. The highest BCUT2D eigenvalue weighted by molar-refractivity contribution is 5.93. The molecule has 2 aromatic carbocycles. The molecule has 9 heteroatoms. The van der Waals surface area contributed by atoms with E-state index in [1.165, 1.54) is 0 Å². The first-order chi connectivity index (χ1) is 17.1. The van der Waals surface area contributed by atoms with Gasteiger partial charge in [-0.25, -0.2) is 4.98 Å². The molecule has 4 aromatic rings. The lowest BCUT2D eigenvalue weighted by molar-refractivity contribution is 0.0765. The Kier molecular flexibility index (Phi) is 6.13. The molecule has 35 heavy (non-hydrogen) atoms. The standard InChI is InChI=1S/C26H26N4O5/c1-32-22-12-17(13-23(33-2)25(22)34-3)20-14-21(29-28-20)26(31)30-11-10-18(15-30)35-24-9-8-16-6-4-5-7-19(16)27-24/h4-9,12-14,18H,10-11,15H2,1-3H3,(H,28,29). The minimum Gasteiger partial charge on any atom is -0.493 e. The van der Waals surface area contributed by atoms with Crippen molar-refractivity contribution >= 4 is 16.8 Å². The monoisotopic (exact) mass is 474 g/mol. The minimum atomic E-state index is -0.131. The summed E-state index contributed by atoms with van der Waals surface area (Å²) >= 11 is 0. The highest BCUT2D eigenvalue weighted by atomic mass is 16.5. The van der Waals surface area contributed by atoms with E-state index in [1.807, 2.05) is 36.4 Å². The normalized spacial score (nSPS) is 15.3. The Labute approximate surface area is 202 Å². The van der Waals surface area contributed by atoms with Gasteiger partial charge < -0.3 is 23.8 Å². The number of aromatic nitrogens is 3. The van der Waals surface area contributed by atoms with Crippen molar-refractivity contribution in [3.05, 3.63) is 60.3 Å². The number of para-hydroxylation sites is 1. The summed E-state index contributed by atoms with van der Waals surface area (Å²) in [4.78, 5) is 19.5. The van der Waals surface area contributed by atoms with Crippen LogP contribution in [0.3, 0.4) is 0 Å². The lowest BCUT2D eigenvalue weighted by atomic mass is 10.1. The molecule has 1 amide bonds. The van der Waals surface area contributed by atoms with Gasteiger partial charge in [-0.2, -0.15) is 5.10 Å². The van der Waals surface area contributed by atoms with Gasteiger partial charge in [0.05, 0.1) is 39.1 Å². The van der Waals surface area contributed by atoms with Gasteiger partial charge in [0.1, 0.15) is 11.8 Å². The van der Waals surface area contributed by atoms with E-state index in [4.69, 9.17) is 18.9 Å². The molecule has 9 nitrogen and oxygen atoms in total. The number of H-pyrrole nitrogens is 1. The first-order valence-electron chi connectivity index (χ1n) is 11.3. The zero-order valence-electron chi connectivity index (χ0n) is 19.8. The highest BCUT2D eigenvalue weighted by Crippen LogP contribution is 2.41. The predicted octanol–water partition coefficient (Wildman–Crippen LogP) is 3.94. The Hall–Kier alpha value is -4.27. The number of fused-ring (bicyclic) bond motifs is 1. The number of nitrogens with one attached hydrogen (secondary N) is 1. The fourth-order valence-electron chi connectivity index (χ4n) is 4.27. The van der Waals surface area contributed by atoms with Crippen molar-refractivity contribution in [2.45, 2.75) is 12.5 Å². The first-order valence-corrected chi connectivity index (χ1v) is 11.3. The molecule has 1 fully saturated rings. The van der Waals surface area contributed by atoms with Crippen LogP contribution in [0.5, 0.6) is 23.1 Å². The van der Waals surface area contributed by atoms with E-state index in [0.29, 0.717) is 47.6 Å². The molecule has 0 aliphatic carbocycles. The predicted molar refractivity (Wildman–Crippen MR) is 130 cm³/mol. The molecule has 2 aromatic heterocycles. The van der Waals surface area contributed by atoms with Crippen molar-refractivity contribution in [3.63, 3.8) is 0 Å². The maximum atomic E-state index is 13.1. The van der Waals surface area contributed by atoms with Gasteiger partial charge in [-0.1, -0.05) is 18.2 Å². The lowest BCUT2D eigenvalue weighted by Gasteiger charge is -2.16. The first kappa shape index (κ1) is 22.5. The van der Waals surface area contributed by atoms with Crippen LogP contribution in [0.15, 0.2) is 54.6 Å². The highest BCUT2D eigenvalue weighted by Gasteiger charge is 2.30. The van der Waals surface area contributed by atoms with E-state index >= 15 is 0 Å². The largest absolute Gasteiger partial charge is 0.493 e. The molecule has 0 bridgehead atoms. The lowest BCUT2D eigenvalue weighted by Crippen LogP contribution is -2.31. The van der Waals surface area contributed by atoms with Gasteiger partial charge >= 0.3 is 0 Å². The summed E-state index contributed by atoms with van der Waals surface area (Å²) in [6.45, 7) is 1.07. The molecule has 1 aliphatic heterocycles. The van der Waals surface area contributed by atoms with E-state index in [1.54, 1.807) is 44.4 Å². The van der Waals surface area contributed by atoms with Crippen molar-refractivity contribution in [2.24, 2.45) is 0 Å². The molecule has 0 spiro atoms. The molecular weight excluding hydrogens is 448 g/mol. The molecule has 1 saturated heterocycles. The van der Waals surface area contributed by atoms with Gasteiger partial charge in [0, 0.05) is 30.0 Å². The number of aromatic amines is 1. The van der Waals surface area contributed by atoms with E-state index in [2.05, 4.69) is 15.2 Å². The fraction of sp³-hybridized carbons (Fsp3) is 0.269. The molecule has 1 aliphatic rings. The van der Waals surface area contributed by atoms with Gasteiger partial charge in [-0.05, 0) is 30.3 Å². The number of rotatable bonds is 7. The Balaban J connectivity index is 1.28. The number of amides is 1. The van der Waals surface area contributed by atoms with Crippen LogP contribution in [0.1, 0.15) is 16.9 Å². The van der Waals surface area contributed by atoms with Crippen LogP contribution in [0.25, 0.3) is 22.2 Å². The van der Waals surface area contributed by atoms with Crippen molar-refractivity contribution in [1.29, 1.82) is 0 Å². The number of hydrogen-bond donors (Lipinski definition) is 1. The number of nitrogens with zero attached hydrogens (tertiary/aromatic N) is 3. The molecular formula is C26H26N4O5. The van der Waals surface area contributed by atoms with Gasteiger partial charge in [-0.15, -0.1) is 0 Å². The topological polar surface area (TPSA) is 98.8 Å². The van der Waals surface area contributed by atoms with Crippen molar-refractivity contribution in [2.75, 3.05) is 34.4 Å². The van der Waals surface area contributed by atoms with Crippen LogP contribution in [0, 0.1) is 0 Å². The van der Waals surface area contributed by atoms with E-state index < -0.39 is 0 Å². The fourth-order valence-corrected chi connectivity index (χ4v) is 4.27. The third kappa shape index (κ3) is 4.44. The second-order valence-corrected chi connectivity index (χ2v) is 8.20. The number of methoxy groups -OCH3 is 3. The molecule has 1 unspecified atom stereocenters. The van der Waals surface area contributed by atoms with Crippen molar-refractivity contribution < 1.29 is 23.7 Å². The summed E-state index contributed by atoms with van der Waals surface area (Å²) in [5, 5.41) is 8.26. The number of carbonyl (C=O) groups is 1. The number of carbonyl (C=O) groups excluding carboxylic acids is 1. The molecule has 180 valence electrons. The van der Waals surface area contributed by atoms with E-state index in [-0.39, 0.29) is 12.0 Å². The molecule has 0 radical (unpaired) electrons. The average molecular weight is 475 g/mol. The Morgan fingerprint density at radius 1 is 1.00 bits per heavy atom. The van der Waals surface area contributed by atoms with Crippen LogP contribution in [0.4, 0.5) is 0 Å². The number of likely N-dealkylation sites (tertiary alicyclic amines) is 1. The van der Waals surface area contributed by atoms with Crippen molar-refractivity contribution in [1.82, 2.24) is 20.1 Å². The average Bonchev–Trinajstić information content (AvgIpc) is 3.57. The van der Waals surface area contributed by atoms with E-state index in [0.717, 1.165) is 22.9 Å². The summed E-state index contributed by atoms with van der Waals surface area (Å²) in [5.74, 6) is 1.96. The second kappa shape index (κ2) is 9.54. The SMILES string of the molecule is COc1cc(-c2cc(C(=O)N3CCC(Oc4ccc5ccccc5n4)C3)[nH]n2)cc(OC)c1OC. The summed E-state index contributed by atoms with van der Waals surface area (Å²) in [7, 11) is 4.66. The number of ether oxygens (including phenoxy) is 4. The van der Waals surface area contributed by atoms with Crippen LogP contribution in [0.2, 0.25) is 0 Å². The minimum absolute atomic E-state index is 0.120. The summed E-state index contributed by atoms with van der Waals surface area (Å²) in [5.41, 5.74) is 2.62. The third-order valence-electron chi connectivity index (χ3n) is 6.06. The number of hydrogen-bond acceptors (Lipinski definition) is 7. The Morgan fingerprint density at radius 2 is 1.77 bits per heavy atom. The van der Waals surface area contributed by atoms with Crippen LogP contribution < -0.4 is 18.9 Å². The molecule has 1 N–H and O–H groups in total. The Morgan fingerprint density at radius 3 is 2.51 bits per heavy atom. The molecule has 5 rings (SSSR count). The van der Waals surface area contributed by atoms with Crippen LogP contribution in [-0.2, 0) is 0 Å². The molecule has 1 atom stereocenters. The smallest absolute Gasteiger partial charge is 0.272 e. The van der Waals surface area contributed by atoms with Gasteiger partial charge in [0.15, 0.2) is 11.5 Å². The Bertz CT molecular complexity index is 1340. The maximum absolute atomic E-state index is 13.1. The second-order valence-electron chi connectivity index (χ2n) is 8.20. The molecule has 0 saturated carbocycles.